The Morgan fingerprint density at radius 1 is 1.27 bits per heavy atom. The molecule has 1 aliphatic rings. The predicted octanol–water partition coefficient (Wildman–Crippen LogP) is 2.84. The molecule has 1 aliphatic heterocycles. The molecule has 1 unspecified atom stereocenters. The Morgan fingerprint density at radius 3 is 2.92 bits per heavy atom. The van der Waals surface area contributed by atoms with Crippen molar-refractivity contribution >= 4 is 11.6 Å². The van der Waals surface area contributed by atoms with E-state index >= 15 is 0 Å². The Hall–Kier alpha value is -2.37. The van der Waals surface area contributed by atoms with Gasteiger partial charge >= 0.3 is 0 Å². The maximum absolute atomic E-state index is 12.6. The zero-order chi connectivity index (χ0) is 18.4. The molecule has 5 nitrogen and oxygen atoms in total. The maximum atomic E-state index is 12.6. The first-order valence-corrected chi connectivity index (χ1v) is 9.17. The van der Waals surface area contributed by atoms with E-state index in [0.717, 1.165) is 43.1 Å². The van der Waals surface area contributed by atoms with Crippen LogP contribution in [0.4, 0.5) is 5.69 Å². The van der Waals surface area contributed by atoms with Crippen LogP contribution in [0.25, 0.3) is 0 Å². The number of carbonyl (C=O) groups excluding carboxylic acids is 1. The van der Waals surface area contributed by atoms with Crippen molar-refractivity contribution in [1.82, 2.24) is 10.2 Å². The van der Waals surface area contributed by atoms with Crippen molar-refractivity contribution in [3.05, 3.63) is 59.7 Å². The molecule has 3 rings (SSSR count). The highest BCUT2D eigenvalue weighted by Gasteiger charge is 2.27. The average molecular weight is 353 g/mol. The van der Waals surface area contributed by atoms with Crippen LogP contribution in [0.5, 0.6) is 5.75 Å². The summed E-state index contributed by atoms with van der Waals surface area (Å²) in [5.74, 6) is 0.877. The number of piperazine rings is 1. The van der Waals surface area contributed by atoms with Crippen molar-refractivity contribution in [2.45, 2.75) is 19.4 Å². The molecule has 26 heavy (non-hydrogen) atoms. The molecular weight excluding hydrogens is 326 g/mol. The third-order valence-electron chi connectivity index (χ3n) is 4.82. The minimum atomic E-state index is 0.0139. The van der Waals surface area contributed by atoms with Gasteiger partial charge in [0.25, 0.3) is 0 Å². The van der Waals surface area contributed by atoms with E-state index in [2.05, 4.69) is 34.6 Å². The standard InChI is InChI=1S/C21H27N3O2/c1-3-16-7-6-8-17(13-16)23-21(25)15-24-12-11-22-14-19(24)18-9-4-5-10-20(18)26-2/h4-10,13,19,22H,3,11-12,14-15H2,1-2H3,(H,23,25). The largest absolute Gasteiger partial charge is 0.496 e. The number of carbonyl (C=O) groups is 1. The summed E-state index contributed by atoms with van der Waals surface area (Å²) in [6, 6.07) is 16.2. The number of nitrogens with one attached hydrogen (secondary N) is 2. The Labute approximate surface area is 155 Å². The molecule has 2 N–H and O–H groups in total. The highest BCUT2D eigenvalue weighted by Crippen LogP contribution is 2.30. The fraction of sp³-hybridized carbons (Fsp3) is 0.381. The van der Waals surface area contributed by atoms with Crippen LogP contribution in [0, 0.1) is 0 Å². The number of anilines is 1. The first-order chi connectivity index (χ1) is 12.7. The van der Waals surface area contributed by atoms with E-state index in [1.165, 1.54) is 5.56 Å². The summed E-state index contributed by atoms with van der Waals surface area (Å²) in [6.07, 6.45) is 0.956. The number of benzene rings is 2. The molecule has 1 saturated heterocycles. The highest BCUT2D eigenvalue weighted by atomic mass is 16.5. The van der Waals surface area contributed by atoms with Gasteiger partial charge in [0.1, 0.15) is 5.75 Å². The molecule has 0 saturated carbocycles. The number of aryl methyl sites for hydroxylation is 1. The van der Waals surface area contributed by atoms with Crippen LogP contribution >= 0.6 is 0 Å². The quantitative estimate of drug-likeness (QED) is 0.838. The fourth-order valence-corrected chi connectivity index (χ4v) is 3.44. The van der Waals surface area contributed by atoms with Gasteiger partial charge in [-0.05, 0) is 30.2 Å². The summed E-state index contributed by atoms with van der Waals surface area (Å²) in [4.78, 5) is 14.8. The molecule has 0 aromatic heterocycles. The monoisotopic (exact) mass is 353 g/mol. The SMILES string of the molecule is CCc1cccc(NC(=O)CN2CCNCC2c2ccccc2OC)c1. The predicted molar refractivity (Wildman–Crippen MR) is 105 cm³/mol. The van der Waals surface area contributed by atoms with E-state index < -0.39 is 0 Å². The molecule has 1 heterocycles. The van der Waals surface area contributed by atoms with Crippen LogP contribution in [0.1, 0.15) is 24.1 Å². The van der Waals surface area contributed by atoms with Gasteiger partial charge in [0, 0.05) is 30.9 Å². The molecule has 138 valence electrons. The van der Waals surface area contributed by atoms with E-state index in [9.17, 15) is 4.79 Å². The lowest BCUT2D eigenvalue weighted by atomic mass is 10.0. The maximum Gasteiger partial charge on any atom is 0.238 e. The van der Waals surface area contributed by atoms with Crippen molar-refractivity contribution in [3.63, 3.8) is 0 Å². The van der Waals surface area contributed by atoms with Crippen LogP contribution in [-0.2, 0) is 11.2 Å². The van der Waals surface area contributed by atoms with Crippen LogP contribution < -0.4 is 15.4 Å². The van der Waals surface area contributed by atoms with Gasteiger partial charge in [-0.1, -0.05) is 37.3 Å². The fourth-order valence-electron chi connectivity index (χ4n) is 3.44. The molecule has 0 aliphatic carbocycles. The van der Waals surface area contributed by atoms with Crippen molar-refractivity contribution in [2.24, 2.45) is 0 Å². The zero-order valence-corrected chi connectivity index (χ0v) is 15.5. The topological polar surface area (TPSA) is 53.6 Å². The number of nitrogens with zero attached hydrogens (tertiary/aromatic N) is 1. The van der Waals surface area contributed by atoms with Gasteiger partial charge in [0.05, 0.1) is 19.7 Å². The van der Waals surface area contributed by atoms with E-state index in [4.69, 9.17) is 4.74 Å². The van der Waals surface area contributed by atoms with Crippen LogP contribution in [0.2, 0.25) is 0 Å². The number of hydrogen-bond donors (Lipinski definition) is 2. The average Bonchev–Trinajstić information content (AvgIpc) is 2.68. The summed E-state index contributed by atoms with van der Waals surface area (Å²) in [5, 5.41) is 6.46. The van der Waals surface area contributed by atoms with Crippen LogP contribution in [-0.4, -0.2) is 44.1 Å². The van der Waals surface area contributed by atoms with E-state index in [1.54, 1.807) is 7.11 Å². The highest BCUT2D eigenvalue weighted by molar-refractivity contribution is 5.92. The number of methoxy groups -OCH3 is 1. The summed E-state index contributed by atoms with van der Waals surface area (Å²) < 4.78 is 5.52. The van der Waals surface area contributed by atoms with Crippen molar-refractivity contribution in [1.29, 1.82) is 0 Å². The van der Waals surface area contributed by atoms with Gasteiger partial charge in [-0.2, -0.15) is 0 Å². The molecule has 0 bridgehead atoms. The molecule has 5 heteroatoms. The number of para-hydroxylation sites is 1. The lowest BCUT2D eigenvalue weighted by Gasteiger charge is -2.36. The van der Waals surface area contributed by atoms with E-state index in [1.807, 2.05) is 36.4 Å². The van der Waals surface area contributed by atoms with Gasteiger partial charge in [0.2, 0.25) is 5.91 Å². The van der Waals surface area contributed by atoms with Gasteiger partial charge in [0.15, 0.2) is 0 Å². The first kappa shape index (κ1) is 18.4. The number of rotatable bonds is 6. The van der Waals surface area contributed by atoms with Gasteiger partial charge in [-0.25, -0.2) is 0 Å². The molecule has 1 amide bonds. The molecule has 1 fully saturated rings. The molecule has 0 spiro atoms. The lowest BCUT2D eigenvalue weighted by Crippen LogP contribution is -2.48. The van der Waals surface area contributed by atoms with E-state index in [0.29, 0.717) is 6.54 Å². The van der Waals surface area contributed by atoms with Gasteiger partial charge < -0.3 is 15.4 Å². The van der Waals surface area contributed by atoms with Gasteiger partial charge in [-0.15, -0.1) is 0 Å². The van der Waals surface area contributed by atoms with Crippen molar-refractivity contribution in [2.75, 3.05) is 38.6 Å². The second-order valence-electron chi connectivity index (χ2n) is 6.53. The number of ether oxygens (including phenoxy) is 1. The third kappa shape index (κ3) is 4.42. The van der Waals surface area contributed by atoms with Gasteiger partial charge in [-0.3, -0.25) is 9.69 Å². The Bertz CT molecular complexity index is 748. The second kappa shape index (κ2) is 8.83. The summed E-state index contributed by atoms with van der Waals surface area (Å²) in [7, 11) is 1.69. The molecule has 2 aromatic rings. The van der Waals surface area contributed by atoms with Crippen LogP contribution in [0.15, 0.2) is 48.5 Å². The Balaban J connectivity index is 1.70. The number of hydrogen-bond acceptors (Lipinski definition) is 4. The Kier molecular flexibility index (Phi) is 6.26. The smallest absolute Gasteiger partial charge is 0.238 e. The Morgan fingerprint density at radius 2 is 2.12 bits per heavy atom. The minimum absolute atomic E-state index is 0.0139. The lowest BCUT2D eigenvalue weighted by molar-refractivity contribution is -0.118. The molecule has 0 radical (unpaired) electrons. The third-order valence-corrected chi connectivity index (χ3v) is 4.82. The first-order valence-electron chi connectivity index (χ1n) is 9.17. The second-order valence-corrected chi connectivity index (χ2v) is 6.53. The summed E-state index contributed by atoms with van der Waals surface area (Å²) >= 11 is 0. The molecular formula is C21H27N3O2. The molecule has 1 atom stereocenters. The summed E-state index contributed by atoms with van der Waals surface area (Å²) in [5.41, 5.74) is 3.19. The van der Waals surface area contributed by atoms with Crippen molar-refractivity contribution < 1.29 is 9.53 Å². The molecule has 2 aromatic carbocycles. The van der Waals surface area contributed by atoms with E-state index in [-0.39, 0.29) is 11.9 Å². The zero-order valence-electron chi connectivity index (χ0n) is 15.5. The van der Waals surface area contributed by atoms with Crippen molar-refractivity contribution in [3.8, 4) is 5.75 Å². The van der Waals surface area contributed by atoms with Crippen LogP contribution in [0.3, 0.4) is 0 Å². The number of amides is 1. The summed E-state index contributed by atoms with van der Waals surface area (Å²) in [6.45, 7) is 4.98. The minimum Gasteiger partial charge on any atom is -0.496 e. The normalized spacial score (nSPS) is 17.7.